The normalized spacial score (nSPS) is 20.2. The van der Waals surface area contributed by atoms with Gasteiger partial charge in [0, 0.05) is 40.6 Å². The lowest BCUT2D eigenvalue weighted by Gasteiger charge is -2.37. The average molecular weight is 547 g/mol. The number of nitrogens with one attached hydrogen (secondary N) is 2. The number of alkyl halides is 3. The number of benzene rings is 3. The second-order valence-electron chi connectivity index (χ2n) is 10.1. The number of ketones is 1. The maximum absolute atomic E-state index is 13.8. The van der Waals surface area contributed by atoms with Gasteiger partial charge in [0.15, 0.2) is 17.3 Å². The topological polar surface area (TPSA) is 76.7 Å². The Balaban J connectivity index is 1.40. The smallest absolute Gasteiger partial charge is 0.416 e. The summed E-state index contributed by atoms with van der Waals surface area (Å²) in [6.45, 7) is 1.80. The summed E-state index contributed by atoms with van der Waals surface area (Å²) in [7, 11) is 0. The van der Waals surface area contributed by atoms with Crippen LogP contribution >= 0.6 is 0 Å². The molecule has 3 aliphatic rings. The molecule has 9 heteroatoms. The van der Waals surface area contributed by atoms with Gasteiger partial charge in [0.2, 0.25) is 6.79 Å². The number of carbonyl (C=O) groups excluding carboxylic acids is 2. The Kier molecular flexibility index (Phi) is 6.37. The zero-order chi connectivity index (χ0) is 28.0. The van der Waals surface area contributed by atoms with Crippen LogP contribution in [0.4, 0.5) is 18.9 Å². The van der Waals surface area contributed by atoms with Gasteiger partial charge < -0.3 is 20.1 Å². The Labute approximate surface area is 228 Å². The number of carbonyl (C=O) groups is 2. The first-order valence-corrected chi connectivity index (χ1v) is 12.9. The number of halogens is 3. The third-order valence-electron chi connectivity index (χ3n) is 7.52. The molecule has 0 saturated heterocycles. The number of dihydropyridines is 1. The molecule has 0 saturated carbocycles. The third kappa shape index (κ3) is 4.72. The van der Waals surface area contributed by atoms with Crippen LogP contribution in [0.1, 0.15) is 48.3 Å². The molecule has 2 unspecified atom stereocenters. The predicted octanol–water partition coefficient (Wildman–Crippen LogP) is 6.43. The van der Waals surface area contributed by atoms with Gasteiger partial charge in [-0.2, -0.15) is 13.2 Å². The fraction of sp³-hybridized carbons (Fsp3) is 0.226. The van der Waals surface area contributed by atoms with E-state index in [2.05, 4.69) is 10.6 Å². The molecule has 3 aromatic carbocycles. The van der Waals surface area contributed by atoms with Crippen molar-refractivity contribution in [2.24, 2.45) is 0 Å². The maximum atomic E-state index is 13.8. The van der Waals surface area contributed by atoms with E-state index in [9.17, 15) is 22.8 Å². The lowest BCUT2D eigenvalue weighted by atomic mass is 9.71. The second-order valence-corrected chi connectivity index (χ2v) is 10.1. The molecular formula is C31H25F3N2O4. The standard InChI is InChI=1S/C31H25F3N2O4/c1-17-27(30(38)36-22-9-5-8-21(15-22)31(32,33)34)28(19-10-11-25-26(14-19)40-16-39-25)29-23(35-17)12-20(13-24(29)37)18-6-3-2-4-7-18/h2-11,14-15,20,28,35H,12-13,16H2,1H3,(H,36,38). The van der Waals surface area contributed by atoms with E-state index in [4.69, 9.17) is 9.47 Å². The molecule has 0 aromatic heterocycles. The van der Waals surface area contributed by atoms with Crippen molar-refractivity contribution < 1.29 is 32.2 Å². The molecule has 1 amide bonds. The van der Waals surface area contributed by atoms with Crippen LogP contribution in [-0.4, -0.2) is 18.5 Å². The van der Waals surface area contributed by atoms with Crippen LogP contribution < -0.4 is 20.1 Å². The summed E-state index contributed by atoms with van der Waals surface area (Å²) >= 11 is 0. The van der Waals surface area contributed by atoms with E-state index in [1.807, 2.05) is 30.3 Å². The molecule has 0 fully saturated rings. The Hall–Kier alpha value is -4.53. The van der Waals surface area contributed by atoms with E-state index in [-0.39, 0.29) is 36.2 Å². The lowest BCUT2D eigenvalue weighted by molar-refractivity contribution is -0.137. The van der Waals surface area contributed by atoms with Gasteiger partial charge in [0.1, 0.15) is 0 Å². The number of amides is 1. The van der Waals surface area contributed by atoms with Gasteiger partial charge in [0.05, 0.1) is 5.56 Å². The van der Waals surface area contributed by atoms with Crippen molar-refractivity contribution in [3.8, 4) is 11.5 Å². The van der Waals surface area contributed by atoms with Crippen LogP contribution in [0.25, 0.3) is 0 Å². The van der Waals surface area contributed by atoms with Crippen molar-refractivity contribution in [2.75, 3.05) is 12.1 Å². The number of Topliss-reactive ketones (excluding diaryl/α,β-unsaturated/α-hetero) is 1. The van der Waals surface area contributed by atoms with E-state index in [1.165, 1.54) is 12.1 Å². The maximum Gasteiger partial charge on any atom is 0.416 e. The molecule has 40 heavy (non-hydrogen) atoms. The summed E-state index contributed by atoms with van der Waals surface area (Å²) in [6.07, 6.45) is -3.71. The van der Waals surface area contributed by atoms with Crippen molar-refractivity contribution in [1.29, 1.82) is 0 Å². The minimum atomic E-state index is -4.55. The molecule has 2 atom stereocenters. The fourth-order valence-electron chi connectivity index (χ4n) is 5.70. The number of ether oxygens (including phenoxy) is 2. The first kappa shape index (κ1) is 25.7. The molecule has 0 bridgehead atoms. The largest absolute Gasteiger partial charge is 0.454 e. The number of anilines is 1. The van der Waals surface area contributed by atoms with Crippen LogP contribution in [0.15, 0.2) is 95.3 Å². The predicted molar refractivity (Wildman–Crippen MR) is 142 cm³/mol. The SMILES string of the molecule is CC1=C(C(=O)Nc2cccc(C(F)(F)F)c2)C(c2ccc3c(c2)OCO3)C2=C(CC(c3ccccc3)CC2=O)N1. The number of allylic oxidation sites excluding steroid dienone is 3. The molecule has 2 N–H and O–H groups in total. The molecule has 6 rings (SSSR count). The van der Waals surface area contributed by atoms with Gasteiger partial charge in [-0.1, -0.05) is 42.5 Å². The van der Waals surface area contributed by atoms with Crippen molar-refractivity contribution in [2.45, 2.75) is 37.8 Å². The third-order valence-corrected chi connectivity index (χ3v) is 7.52. The molecule has 0 radical (unpaired) electrons. The Bertz CT molecular complexity index is 1580. The van der Waals surface area contributed by atoms with Crippen LogP contribution in [0.2, 0.25) is 0 Å². The van der Waals surface area contributed by atoms with E-state index < -0.39 is 23.6 Å². The number of rotatable bonds is 4. The highest BCUT2D eigenvalue weighted by molar-refractivity contribution is 6.10. The first-order chi connectivity index (χ1) is 19.2. The highest BCUT2D eigenvalue weighted by Crippen LogP contribution is 2.47. The van der Waals surface area contributed by atoms with Gasteiger partial charge in [0.25, 0.3) is 5.91 Å². The highest BCUT2D eigenvalue weighted by atomic mass is 19.4. The van der Waals surface area contributed by atoms with Crippen molar-refractivity contribution in [3.05, 3.63) is 112 Å². The fourth-order valence-corrected chi connectivity index (χ4v) is 5.70. The van der Waals surface area contributed by atoms with Crippen molar-refractivity contribution >= 4 is 17.4 Å². The van der Waals surface area contributed by atoms with E-state index in [0.717, 1.165) is 23.4 Å². The molecule has 204 valence electrons. The van der Waals surface area contributed by atoms with E-state index >= 15 is 0 Å². The van der Waals surface area contributed by atoms with Gasteiger partial charge in [-0.3, -0.25) is 9.59 Å². The quantitative estimate of drug-likeness (QED) is 0.394. The summed E-state index contributed by atoms with van der Waals surface area (Å²) in [5.41, 5.74) is 2.82. The summed E-state index contributed by atoms with van der Waals surface area (Å²) in [5, 5.41) is 5.92. The van der Waals surface area contributed by atoms with E-state index in [1.54, 1.807) is 25.1 Å². The zero-order valence-electron chi connectivity index (χ0n) is 21.5. The lowest BCUT2D eigenvalue weighted by Crippen LogP contribution is -2.37. The van der Waals surface area contributed by atoms with Crippen molar-refractivity contribution in [1.82, 2.24) is 5.32 Å². The molecule has 3 aromatic rings. The monoisotopic (exact) mass is 546 g/mol. The average Bonchev–Trinajstić information content (AvgIpc) is 3.40. The van der Waals surface area contributed by atoms with Crippen LogP contribution in [0, 0.1) is 0 Å². The molecule has 0 spiro atoms. The summed E-state index contributed by atoms with van der Waals surface area (Å²) < 4.78 is 50.9. The Morgan fingerprint density at radius 2 is 1.70 bits per heavy atom. The van der Waals surface area contributed by atoms with Crippen LogP contribution in [0.5, 0.6) is 11.5 Å². The van der Waals surface area contributed by atoms with Gasteiger partial charge >= 0.3 is 6.18 Å². The summed E-state index contributed by atoms with van der Waals surface area (Å²) in [5.74, 6) is -0.411. The number of hydrogen-bond donors (Lipinski definition) is 2. The molecule has 2 heterocycles. The number of fused-ring (bicyclic) bond motifs is 1. The Morgan fingerprint density at radius 1 is 0.925 bits per heavy atom. The summed E-state index contributed by atoms with van der Waals surface area (Å²) in [6, 6.07) is 19.5. The number of hydrogen-bond acceptors (Lipinski definition) is 5. The molecule has 1 aliphatic carbocycles. The van der Waals surface area contributed by atoms with Crippen LogP contribution in [0.3, 0.4) is 0 Å². The van der Waals surface area contributed by atoms with Gasteiger partial charge in [-0.15, -0.1) is 0 Å². The van der Waals surface area contributed by atoms with Gasteiger partial charge in [-0.25, -0.2) is 0 Å². The minimum Gasteiger partial charge on any atom is -0.454 e. The van der Waals surface area contributed by atoms with Gasteiger partial charge in [-0.05, 0) is 60.7 Å². The minimum absolute atomic E-state index is 0.00319. The van der Waals surface area contributed by atoms with Crippen LogP contribution in [-0.2, 0) is 15.8 Å². The first-order valence-electron chi connectivity index (χ1n) is 12.9. The van der Waals surface area contributed by atoms with E-state index in [0.29, 0.717) is 34.8 Å². The molecular weight excluding hydrogens is 521 g/mol. The Morgan fingerprint density at radius 3 is 2.48 bits per heavy atom. The highest BCUT2D eigenvalue weighted by Gasteiger charge is 2.41. The summed E-state index contributed by atoms with van der Waals surface area (Å²) in [4.78, 5) is 27.5. The molecule has 2 aliphatic heterocycles. The zero-order valence-corrected chi connectivity index (χ0v) is 21.5. The molecule has 6 nitrogen and oxygen atoms in total. The van der Waals surface area contributed by atoms with Crippen molar-refractivity contribution in [3.63, 3.8) is 0 Å². The second kappa shape index (κ2) is 9.89.